The van der Waals surface area contributed by atoms with E-state index in [0.717, 1.165) is 38.3 Å². The molecule has 1 unspecified atom stereocenters. The zero-order valence-electron chi connectivity index (χ0n) is 13.4. The third-order valence-electron chi connectivity index (χ3n) is 5.00. The molecule has 2 aliphatic heterocycles. The average molecular weight is 311 g/mol. The van der Waals surface area contributed by atoms with Gasteiger partial charge in [0.25, 0.3) is 0 Å². The van der Waals surface area contributed by atoms with Crippen LogP contribution in [0.15, 0.2) is 36.9 Å². The Balaban J connectivity index is 1.45. The maximum atomic E-state index is 12.5. The molecule has 1 atom stereocenters. The van der Waals surface area contributed by atoms with Crippen LogP contribution in [0, 0.1) is 5.41 Å². The van der Waals surface area contributed by atoms with Crippen molar-refractivity contribution < 1.29 is 4.79 Å². The molecule has 0 saturated carbocycles. The molecular weight excluding hydrogens is 290 g/mol. The maximum absolute atomic E-state index is 12.5. The van der Waals surface area contributed by atoms with E-state index in [0.29, 0.717) is 6.42 Å². The second kappa shape index (κ2) is 5.45. The summed E-state index contributed by atoms with van der Waals surface area (Å²) in [6, 6.07) is 4.12. The lowest BCUT2D eigenvalue weighted by molar-refractivity contribution is -0.117. The molecular formula is C17H21N5O. The van der Waals surface area contributed by atoms with Gasteiger partial charge in [-0.05, 0) is 30.7 Å². The first kappa shape index (κ1) is 14.4. The van der Waals surface area contributed by atoms with Crippen molar-refractivity contribution in [3.05, 3.63) is 42.5 Å². The number of aryl methyl sites for hydroxylation is 1. The van der Waals surface area contributed by atoms with E-state index in [1.807, 2.05) is 30.5 Å². The first-order chi connectivity index (χ1) is 11.1. The molecule has 0 bridgehead atoms. The van der Waals surface area contributed by atoms with Crippen molar-refractivity contribution in [3.63, 3.8) is 0 Å². The lowest BCUT2D eigenvalue weighted by atomic mass is 9.86. The number of amides is 1. The van der Waals surface area contributed by atoms with Crippen molar-refractivity contribution in [1.29, 1.82) is 0 Å². The zero-order chi connectivity index (χ0) is 15.9. The highest BCUT2D eigenvalue weighted by atomic mass is 16.2. The van der Waals surface area contributed by atoms with Gasteiger partial charge in [0, 0.05) is 57.1 Å². The number of hydrogen-bond acceptors (Lipinski definition) is 4. The average Bonchev–Trinajstić information content (AvgIpc) is 3.21. The SMILES string of the molecule is Cn1cc(N2CC3(CCN(Cc4ccncc4)C3)CC2=O)cn1. The summed E-state index contributed by atoms with van der Waals surface area (Å²) in [6.45, 7) is 3.78. The zero-order valence-corrected chi connectivity index (χ0v) is 13.4. The highest BCUT2D eigenvalue weighted by Crippen LogP contribution is 2.42. The Hall–Kier alpha value is -2.21. The van der Waals surface area contributed by atoms with Gasteiger partial charge < -0.3 is 4.90 Å². The van der Waals surface area contributed by atoms with Gasteiger partial charge in [0.05, 0.1) is 11.9 Å². The molecule has 2 fully saturated rings. The summed E-state index contributed by atoms with van der Waals surface area (Å²) in [4.78, 5) is 20.9. The Kier molecular flexibility index (Phi) is 3.41. The molecule has 4 heterocycles. The molecule has 0 aliphatic carbocycles. The second-order valence-electron chi connectivity index (χ2n) is 6.84. The van der Waals surface area contributed by atoms with Crippen LogP contribution in [-0.4, -0.2) is 45.2 Å². The predicted octanol–water partition coefficient (Wildman–Crippen LogP) is 1.44. The normalized spacial score (nSPS) is 24.9. The number of carbonyl (C=O) groups is 1. The molecule has 6 heteroatoms. The minimum Gasteiger partial charge on any atom is -0.309 e. The van der Waals surface area contributed by atoms with Gasteiger partial charge in [0.15, 0.2) is 0 Å². The number of likely N-dealkylation sites (tertiary alicyclic amines) is 1. The number of nitrogens with zero attached hydrogens (tertiary/aromatic N) is 5. The van der Waals surface area contributed by atoms with Crippen molar-refractivity contribution in [3.8, 4) is 0 Å². The standard InChI is InChI=1S/C17H21N5O/c1-20-11-15(9-19-20)22-13-17(8-16(22)23)4-7-21(12-17)10-14-2-5-18-6-3-14/h2-3,5-6,9,11H,4,7-8,10,12-13H2,1H3. The van der Waals surface area contributed by atoms with Crippen LogP contribution in [0.2, 0.25) is 0 Å². The van der Waals surface area contributed by atoms with E-state index in [2.05, 4.69) is 27.1 Å². The molecule has 2 aromatic heterocycles. The molecule has 1 spiro atoms. The van der Waals surface area contributed by atoms with Gasteiger partial charge >= 0.3 is 0 Å². The van der Waals surface area contributed by atoms with Crippen molar-refractivity contribution in [2.45, 2.75) is 19.4 Å². The maximum Gasteiger partial charge on any atom is 0.227 e. The van der Waals surface area contributed by atoms with Gasteiger partial charge in [-0.1, -0.05) is 0 Å². The van der Waals surface area contributed by atoms with Crippen molar-refractivity contribution >= 4 is 11.6 Å². The van der Waals surface area contributed by atoms with E-state index in [-0.39, 0.29) is 11.3 Å². The summed E-state index contributed by atoms with van der Waals surface area (Å²) in [5.74, 6) is 0.226. The number of carbonyl (C=O) groups excluding carboxylic acids is 1. The number of anilines is 1. The first-order valence-electron chi connectivity index (χ1n) is 8.04. The molecule has 120 valence electrons. The van der Waals surface area contributed by atoms with Crippen LogP contribution < -0.4 is 4.90 Å². The summed E-state index contributed by atoms with van der Waals surface area (Å²) >= 11 is 0. The van der Waals surface area contributed by atoms with Crippen LogP contribution in [-0.2, 0) is 18.4 Å². The summed E-state index contributed by atoms with van der Waals surface area (Å²) in [6.07, 6.45) is 9.10. The molecule has 23 heavy (non-hydrogen) atoms. The lowest BCUT2D eigenvalue weighted by Gasteiger charge is -2.23. The minimum absolute atomic E-state index is 0.0972. The molecule has 6 nitrogen and oxygen atoms in total. The van der Waals surface area contributed by atoms with E-state index in [4.69, 9.17) is 0 Å². The molecule has 0 aromatic carbocycles. The van der Waals surface area contributed by atoms with Gasteiger partial charge in [-0.15, -0.1) is 0 Å². The van der Waals surface area contributed by atoms with Crippen molar-refractivity contribution in [1.82, 2.24) is 19.7 Å². The van der Waals surface area contributed by atoms with Crippen LogP contribution in [0.5, 0.6) is 0 Å². The van der Waals surface area contributed by atoms with Gasteiger partial charge in [0.2, 0.25) is 5.91 Å². The summed E-state index contributed by atoms with van der Waals surface area (Å²) in [5, 5.41) is 4.19. The third kappa shape index (κ3) is 2.74. The van der Waals surface area contributed by atoms with E-state index in [1.54, 1.807) is 10.9 Å². The van der Waals surface area contributed by atoms with E-state index >= 15 is 0 Å². The van der Waals surface area contributed by atoms with E-state index < -0.39 is 0 Å². The molecule has 2 aliphatic rings. The Morgan fingerprint density at radius 2 is 2.09 bits per heavy atom. The minimum atomic E-state index is 0.0972. The molecule has 2 aromatic rings. The fourth-order valence-corrected chi connectivity index (χ4v) is 3.86. The fourth-order valence-electron chi connectivity index (χ4n) is 3.86. The number of pyridine rings is 1. The predicted molar refractivity (Wildman–Crippen MR) is 86.7 cm³/mol. The third-order valence-corrected chi connectivity index (χ3v) is 5.00. The lowest BCUT2D eigenvalue weighted by Crippen LogP contribution is -2.31. The quantitative estimate of drug-likeness (QED) is 0.861. The second-order valence-corrected chi connectivity index (χ2v) is 6.84. The van der Waals surface area contributed by atoms with Crippen LogP contribution in [0.3, 0.4) is 0 Å². The monoisotopic (exact) mass is 311 g/mol. The molecule has 4 rings (SSSR count). The van der Waals surface area contributed by atoms with E-state index in [9.17, 15) is 4.79 Å². The van der Waals surface area contributed by atoms with Crippen molar-refractivity contribution in [2.24, 2.45) is 12.5 Å². The molecule has 0 radical (unpaired) electrons. The molecule has 1 amide bonds. The van der Waals surface area contributed by atoms with E-state index in [1.165, 1.54) is 5.56 Å². The molecule has 0 N–H and O–H groups in total. The largest absolute Gasteiger partial charge is 0.309 e. The number of rotatable bonds is 3. The smallest absolute Gasteiger partial charge is 0.227 e. The Morgan fingerprint density at radius 1 is 1.26 bits per heavy atom. The van der Waals surface area contributed by atoms with Gasteiger partial charge in [0.1, 0.15) is 0 Å². The topological polar surface area (TPSA) is 54.3 Å². The highest BCUT2D eigenvalue weighted by Gasteiger charge is 2.47. The van der Waals surface area contributed by atoms with Crippen LogP contribution in [0.1, 0.15) is 18.4 Å². The van der Waals surface area contributed by atoms with Crippen molar-refractivity contribution in [2.75, 3.05) is 24.5 Å². The first-order valence-corrected chi connectivity index (χ1v) is 8.04. The number of aromatic nitrogens is 3. The highest BCUT2D eigenvalue weighted by molar-refractivity contribution is 5.96. The Morgan fingerprint density at radius 3 is 2.83 bits per heavy atom. The van der Waals surface area contributed by atoms with Gasteiger partial charge in [-0.2, -0.15) is 5.10 Å². The fraction of sp³-hybridized carbons (Fsp3) is 0.471. The summed E-state index contributed by atoms with van der Waals surface area (Å²) in [5.41, 5.74) is 2.30. The van der Waals surface area contributed by atoms with Gasteiger partial charge in [-0.3, -0.25) is 19.4 Å². The summed E-state index contributed by atoms with van der Waals surface area (Å²) in [7, 11) is 1.88. The molecule has 2 saturated heterocycles. The van der Waals surface area contributed by atoms with Crippen LogP contribution >= 0.6 is 0 Å². The van der Waals surface area contributed by atoms with Crippen LogP contribution in [0.4, 0.5) is 5.69 Å². The number of hydrogen-bond donors (Lipinski definition) is 0. The Bertz CT molecular complexity index is 713. The van der Waals surface area contributed by atoms with Gasteiger partial charge in [-0.25, -0.2) is 0 Å². The Labute approximate surface area is 135 Å². The summed E-state index contributed by atoms with van der Waals surface area (Å²) < 4.78 is 1.75. The van der Waals surface area contributed by atoms with Crippen LogP contribution in [0.25, 0.3) is 0 Å².